The van der Waals surface area contributed by atoms with Gasteiger partial charge < -0.3 is 20.3 Å². The Balaban J connectivity index is 0.00000480. The van der Waals surface area contributed by atoms with Gasteiger partial charge in [-0.3, -0.25) is 9.79 Å². The molecule has 2 N–H and O–H groups in total. The van der Waals surface area contributed by atoms with E-state index in [1.807, 2.05) is 67.3 Å². The van der Waals surface area contributed by atoms with Gasteiger partial charge >= 0.3 is 0 Å². The van der Waals surface area contributed by atoms with Crippen LogP contribution in [0.2, 0.25) is 0 Å². The molecule has 2 aromatic carbocycles. The van der Waals surface area contributed by atoms with E-state index in [9.17, 15) is 4.79 Å². The first-order valence-electron chi connectivity index (χ1n) is 10.3. The lowest BCUT2D eigenvalue weighted by molar-refractivity contribution is 0.0773. The van der Waals surface area contributed by atoms with E-state index in [1.165, 1.54) is 0 Å². The molecule has 0 aliphatic rings. The van der Waals surface area contributed by atoms with Gasteiger partial charge in [0, 0.05) is 44.4 Å². The van der Waals surface area contributed by atoms with Crippen molar-refractivity contribution in [2.45, 2.75) is 26.9 Å². The molecule has 7 heteroatoms. The maximum absolute atomic E-state index is 12.4. The van der Waals surface area contributed by atoms with Crippen LogP contribution in [-0.4, -0.2) is 43.5 Å². The molecule has 0 unspecified atom stereocenters. The second-order valence-corrected chi connectivity index (χ2v) is 6.66. The molecule has 0 heterocycles. The van der Waals surface area contributed by atoms with E-state index >= 15 is 0 Å². The highest BCUT2D eigenvalue weighted by molar-refractivity contribution is 14.0. The quantitative estimate of drug-likeness (QED) is 0.207. The zero-order valence-electron chi connectivity index (χ0n) is 18.6. The number of carbonyl (C=O) groups excluding carboxylic acids is 1. The molecule has 2 aromatic rings. The van der Waals surface area contributed by atoms with Crippen LogP contribution in [0.4, 0.5) is 0 Å². The standard InChI is InChI=1S/C24H32N4O2.HI/c1-5-16-30-22-11-9-8-10-21(22)18-27-24(25-4)26-17-19-12-14-20(15-13-19)23(29)28(6-2)7-3;/h5,8-15H,1,6-7,16-18H2,2-4H3,(H2,25,26,27);1H. The average molecular weight is 536 g/mol. The number of halogens is 1. The monoisotopic (exact) mass is 536 g/mol. The van der Waals surface area contributed by atoms with Crippen LogP contribution in [0.5, 0.6) is 5.75 Å². The van der Waals surface area contributed by atoms with Gasteiger partial charge in [0.15, 0.2) is 5.96 Å². The van der Waals surface area contributed by atoms with Crippen LogP contribution >= 0.6 is 24.0 Å². The predicted octanol–water partition coefficient (Wildman–Crippen LogP) is 4.22. The zero-order valence-corrected chi connectivity index (χ0v) is 20.9. The normalized spacial score (nSPS) is 10.6. The molecule has 0 bridgehead atoms. The van der Waals surface area contributed by atoms with Crippen molar-refractivity contribution in [3.8, 4) is 5.75 Å². The van der Waals surface area contributed by atoms with Crippen LogP contribution in [0.3, 0.4) is 0 Å². The van der Waals surface area contributed by atoms with Crippen molar-refractivity contribution in [1.82, 2.24) is 15.5 Å². The molecule has 1 amide bonds. The summed E-state index contributed by atoms with van der Waals surface area (Å²) < 4.78 is 5.70. The summed E-state index contributed by atoms with van der Waals surface area (Å²) in [5.41, 5.74) is 2.83. The first kappa shape index (κ1) is 26.5. The Morgan fingerprint density at radius 2 is 1.71 bits per heavy atom. The highest BCUT2D eigenvalue weighted by Gasteiger charge is 2.12. The number of guanidine groups is 1. The number of amides is 1. The Hall–Kier alpha value is -2.55. The van der Waals surface area contributed by atoms with Gasteiger partial charge in [-0.2, -0.15) is 0 Å². The largest absolute Gasteiger partial charge is 0.489 e. The highest BCUT2D eigenvalue weighted by atomic mass is 127. The second-order valence-electron chi connectivity index (χ2n) is 6.66. The molecule has 0 aromatic heterocycles. The molecule has 0 saturated carbocycles. The molecule has 0 saturated heterocycles. The molecule has 31 heavy (non-hydrogen) atoms. The minimum Gasteiger partial charge on any atom is -0.489 e. The van der Waals surface area contributed by atoms with Gasteiger partial charge in [-0.25, -0.2) is 0 Å². The maximum Gasteiger partial charge on any atom is 0.253 e. The number of para-hydroxylation sites is 1. The van der Waals surface area contributed by atoms with Crippen LogP contribution in [0.15, 0.2) is 66.2 Å². The summed E-state index contributed by atoms with van der Waals surface area (Å²) in [6.07, 6.45) is 1.73. The van der Waals surface area contributed by atoms with E-state index < -0.39 is 0 Å². The van der Waals surface area contributed by atoms with Gasteiger partial charge in [0.1, 0.15) is 12.4 Å². The zero-order chi connectivity index (χ0) is 21.8. The summed E-state index contributed by atoms with van der Waals surface area (Å²) in [4.78, 5) is 18.5. The van der Waals surface area contributed by atoms with Gasteiger partial charge in [-0.15, -0.1) is 24.0 Å². The van der Waals surface area contributed by atoms with Gasteiger partial charge in [0.2, 0.25) is 0 Å². The van der Waals surface area contributed by atoms with E-state index in [2.05, 4.69) is 22.2 Å². The van der Waals surface area contributed by atoms with Crippen molar-refractivity contribution in [3.05, 3.63) is 77.9 Å². The fourth-order valence-electron chi connectivity index (χ4n) is 2.98. The Bertz CT molecular complexity index is 849. The van der Waals surface area contributed by atoms with Crippen LogP contribution < -0.4 is 15.4 Å². The Labute approximate surface area is 202 Å². The first-order valence-corrected chi connectivity index (χ1v) is 10.3. The molecule has 0 aliphatic heterocycles. The van der Waals surface area contributed by atoms with E-state index in [1.54, 1.807) is 13.1 Å². The molecular weight excluding hydrogens is 503 g/mol. The van der Waals surface area contributed by atoms with Crippen molar-refractivity contribution in [1.29, 1.82) is 0 Å². The molecule has 0 aliphatic carbocycles. The van der Waals surface area contributed by atoms with Gasteiger partial charge in [0.05, 0.1) is 0 Å². The maximum atomic E-state index is 12.4. The third-order valence-electron chi connectivity index (χ3n) is 4.71. The lowest BCUT2D eigenvalue weighted by Gasteiger charge is -2.18. The predicted molar refractivity (Wildman–Crippen MR) is 138 cm³/mol. The second kappa shape index (κ2) is 14.5. The number of nitrogens with zero attached hydrogens (tertiary/aromatic N) is 2. The van der Waals surface area contributed by atoms with Crippen LogP contribution in [0.25, 0.3) is 0 Å². The number of rotatable bonds is 10. The van der Waals surface area contributed by atoms with E-state index in [0.29, 0.717) is 44.3 Å². The Morgan fingerprint density at radius 3 is 2.32 bits per heavy atom. The number of aliphatic imine (C=N–C) groups is 1. The minimum absolute atomic E-state index is 0. The van der Waals surface area contributed by atoms with Crippen LogP contribution in [0, 0.1) is 0 Å². The van der Waals surface area contributed by atoms with Gasteiger partial charge in [0.25, 0.3) is 5.91 Å². The fraction of sp³-hybridized carbons (Fsp3) is 0.333. The third kappa shape index (κ3) is 8.24. The topological polar surface area (TPSA) is 66.0 Å². The average Bonchev–Trinajstić information content (AvgIpc) is 2.79. The number of hydrogen-bond donors (Lipinski definition) is 2. The minimum atomic E-state index is 0. The summed E-state index contributed by atoms with van der Waals surface area (Å²) in [6.45, 7) is 10.7. The van der Waals surface area contributed by atoms with Crippen LogP contribution in [0.1, 0.15) is 35.3 Å². The summed E-state index contributed by atoms with van der Waals surface area (Å²) in [7, 11) is 1.74. The number of nitrogens with one attached hydrogen (secondary N) is 2. The number of benzene rings is 2. The first-order chi connectivity index (χ1) is 14.6. The third-order valence-corrected chi connectivity index (χ3v) is 4.71. The molecule has 168 valence electrons. The van der Waals surface area contributed by atoms with Crippen molar-refractivity contribution in [2.75, 3.05) is 26.7 Å². The molecular formula is C24H33IN4O2. The smallest absolute Gasteiger partial charge is 0.253 e. The number of carbonyl (C=O) groups is 1. The molecule has 0 fully saturated rings. The molecule has 6 nitrogen and oxygen atoms in total. The molecule has 2 rings (SSSR count). The Kier molecular flexibility index (Phi) is 12.3. The number of ether oxygens (including phenoxy) is 1. The molecule has 0 atom stereocenters. The number of hydrogen-bond acceptors (Lipinski definition) is 3. The van der Waals surface area contributed by atoms with Crippen LogP contribution in [-0.2, 0) is 13.1 Å². The summed E-state index contributed by atoms with van der Waals surface area (Å²) in [5, 5.41) is 6.60. The van der Waals surface area contributed by atoms with Gasteiger partial charge in [-0.1, -0.05) is 43.0 Å². The molecule has 0 spiro atoms. The summed E-state index contributed by atoms with van der Waals surface area (Å²) >= 11 is 0. The van der Waals surface area contributed by atoms with Gasteiger partial charge in [-0.05, 0) is 37.6 Å². The SMILES string of the molecule is C=CCOc1ccccc1CNC(=NC)NCc1ccc(C(=O)N(CC)CC)cc1.I. The Morgan fingerprint density at radius 1 is 1.06 bits per heavy atom. The van der Waals surface area contributed by atoms with Crippen molar-refractivity contribution >= 4 is 35.8 Å². The summed E-state index contributed by atoms with van der Waals surface area (Å²) in [5.74, 6) is 1.58. The lowest BCUT2D eigenvalue weighted by Crippen LogP contribution is -2.36. The van der Waals surface area contributed by atoms with Crippen molar-refractivity contribution < 1.29 is 9.53 Å². The fourth-order valence-corrected chi connectivity index (χ4v) is 2.98. The summed E-state index contributed by atoms with van der Waals surface area (Å²) in [6, 6.07) is 15.6. The van der Waals surface area contributed by atoms with E-state index in [0.717, 1.165) is 16.9 Å². The van der Waals surface area contributed by atoms with Crippen molar-refractivity contribution in [3.63, 3.8) is 0 Å². The van der Waals surface area contributed by atoms with E-state index in [-0.39, 0.29) is 29.9 Å². The highest BCUT2D eigenvalue weighted by Crippen LogP contribution is 2.17. The lowest BCUT2D eigenvalue weighted by atomic mass is 10.1. The van der Waals surface area contributed by atoms with E-state index in [4.69, 9.17) is 4.74 Å². The van der Waals surface area contributed by atoms with Crippen molar-refractivity contribution in [2.24, 2.45) is 4.99 Å². The molecule has 0 radical (unpaired) electrons.